The van der Waals surface area contributed by atoms with Crippen LogP contribution in [0.15, 0.2) is 24.3 Å². The van der Waals surface area contributed by atoms with Crippen LogP contribution in [0, 0.1) is 0 Å². The summed E-state index contributed by atoms with van der Waals surface area (Å²) < 4.78 is 0. The number of primary amides is 1. The van der Waals surface area contributed by atoms with E-state index in [0.717, 1.165) is 0 Å². The molecule has 1 unspecified atom stereocenters. The Kier molecular flexibility index (Phi) is 4.67. The van der Waals surface area contributed by atoms with E-state index < -0.39 is 23.2 Å². The summed E-state index contributed by atoms with van der Waals surface area (Å²) in [5, 5.41) is 3.67. The standard InChI is InChI=1S/C11H12ClN3O3/c1-6(12)10(17)15-11(18)14-8-4-2-7(3-5-8)9(13)16/h2-6H,1H3,(H2,13,16)(H2,14,15,17,18). The van der Waals surface area contributed by atoms with E-state index in [9.17, 15) is 14.4 Å². The lowest BCUT2D eigenvalue weighted by Gasteiger charge is -2.07. The van der Waals surface area contributed by atoms with Gasteiger partial charge in [-0.05, 0) is 31.2 Å². The number of urea groups is 1. The summed E-state index contributed by atoms with van der Waals surface area (Å²) in [7, 11) is 0. The SMILES string of the molecule is CC(Cl)C(=O)NC(=O)Nc1ccc(C(N)=O)cc1. The van der Waals surface area contributed by atoms with Gasteiger partial charge in [-0.2, -0.15) is 0 Å². The normalized spacial score (nSPS) is 11.4. The van der Waals surface area contributed by atoms with Crippen LogP contribution in [-0.4, -0.2) is 23.2 Å². The van der Waals surface area contributed by atoms with E-state index in [1.807, 2.05) is 0 Å². The molecule has 7 heteroatoms. The van der Waals surface area contributed by atoms with Gasteiger partial charge in [-0.3, -0.25) is 14.9 Å². The monoisotopic (exact) mass is 269 g/mol. The summed E-state index contributed by atoms with van der Waals surface area (Å²) >= 11 is 5.49. The van der Waals surface area contributed by atoms with Gasteiger partial charge in [0.15, 0.2) is 0 Å². The number of anilines is 1. The quantitative estimate of drug-likeness (QED) is 0.715. The Balaban J connectivity index is 2.60. The van der Waals surface area contributed by atoms with Gasteiger partial charge in [0, 0.05) is 11.3 Å². The van der Waals surface area contributed by atoms with Crippen molar-refractivity contribution in [3.05, 3.63) is 29.8 Å². The van der Waals surface area contributed by atoms with Gasteiger partial charge >= 0.3 is 6.03 Å². The molecule has 0 bridgehead atoms. The van der Waals surface area contributed by atoms with E-state index in [1.54, 1.807) is 0 Å². The zero-order valence-electron chi connectivity index (χ0n) is 9.57. The fourth-order valence-electron chi connectivity index (χ4n) is 1.09. The minimum Gasteiger partial charge on any atom is -0.366 e. The fourth-order valence-corrected chi connectivity index (χ4v) is 1.15. The van der Waals surface area contributed by atoms with E-state index in [2.05, 4.69) is 10.6 Å². The third-order valence-corrected chi connectivity index (χ3v) is 2.22. The van der Waals surface area contributed by atoms with Crippen molar-refractivity contribution in [3.63, 3.8) is 0 Å². The zero-order valence-corrected chi connectivity index (χ0v) is 10.3. The molecule has 6 nitrogen and oxygen atoms in total. The van der Waals surface area contributed by atoms with Crippen molar-refractivity contribution in [1.82, 2.24) is 5.32 Å². The Morgan fingerprint density at radius 1 is 1.22 bits per heavy atom. The van der Waals surface area contributed by atoms with Crippen LogP contribution in [0.2, 0.25) is 0 Å². The maximum atomic E-state index is 11.4. The predicted molar refractivity (Wildman–Crippen MR) is 67.4 cm³/mol. The van der Waals surface area contributed by atoms with Crippen LogP contribution in [-0.2, 0) is 4.79 Å². The molecule has 1 aromatic rings. The van der Waals surface area contributed by atoms with Gasteiger partial charge in [0.25, 0.3) is 0 Å². The molecule has 0 saturated carbocycles. The number of hydrogen-bond donors (Lipinski definition) is 3. The maximum absolute atomic E-state index is 11.4. The largest absolute Gasteiger partial charge is 0.366 e. The molecule has 1 rings (SSSR count). The number of alkyl halides is 1. The summed E-state index contributed by atoms with van der Waals surface area (Å²) in [5.74, 6) is -1.15. The Morgan fingerprint density at radius 3 is 2.22 bits per heavy atom. The van der Waals surface area contributed by atoms with Crippen molar-refractivity contribution < 1.29 is 14.4 Å². The van der Waals surface area contributed by atoms with Crippen LogP contribution < -0.4 is 16.4 Å². The first-order valence-corrected chi connectivity index (χ1v) is 5.49. The van der Waals surface area contributed by atoms with Crippen LogP contribution in [0.3, 0.4) is 0 Å². The number of nitrogens with two attached hydrogens (primary N) is 1. The van der Waals surface area contributed by atoms with Crippen LogP contribution in [0.5, 0.6) is 0 Å². The van der Waals surface area contributed by atoms with Crippen LogP contribution >= 0.6 is 11.6 Å². The molecule has 4 amide bonds. The highest BCUT2D eigenvalue weighted by Gasteiger charge is 2.12. The molecular weight excluding hydrogens is 258 g/mol. The number of carbonyl (C=O) groups excluding carboxylic acids is 3. The molecule has 1 atom stereocenters. The van der Waals surface area contributed by atoms with Crippen molar-refractivity contribution >= 4 is 35.1 Å². The third kappa shape index (κ3) is 4.06. The summed E-state index contributed by atoms with van der Waals surface area (Å²) in [4.78, 5) is 33.3. The summed E-state index contributed by atoms with van der Waals surface area (Å²) in [6.07, 6.45) is 0. The molecule has 0 aliphatic heterocycles. The van der Waals surface area contributed by atoms with Crippen LogP contribution in [0.1, 0.15) is 17.3 Å². The van der Waals surface area contributed by atoms with Crippen molar-refractivity contribution in [2.75, 3.05) is 5.32 Å². The first kappa shape index (κ1) is 14.0. The second-order valence-electron chi connectivity index (χ2n) is 3.50. The van der Waals surface area contributed by atoms with Crippen molar-refractivity contribution in [1.29, 1.82) is 0 Å². The number of hydrogen-bond acceptors (Lipinski definition) is 3. The lowest BCUT2D eigenvalue weighted by atomic mass is 10.2. The average molecular weight is 270 g/mol. The van der Waals surface area contributed by atoms with Gasteiger partial charge in [-0.25, -0.2) is 4.79 Å². The Morgan fingerprint density at radius 2 is 1.78 bits per heavy atom. The van der Waals surface area contributed by atoms with Gasteiger partial charge in [0.1, 0.15) is 5.38 Å². The van der Waals surface area contributed by atoms with Crippen LogP contribution in [0.4, 0.5) is 10.5 Å². The number of carbonyl (C=O) groups is 3. The number of amides is 4. The van der Waals surface area contributed by atoms with Gasteiger partial charge in [0.05, 0.1) is 0 Å². The van der Waals surface area contributed by atoms with E-state index in [0.29, 0.717) is 11.3 Å². The Hall–Kier alpha value is -2.08. The Bertz CT molecular complexity index is 471. The third-order valence-electron chi connectivity index (χ3n) is 2.03. The number of benzene rings is 1. The molecule has 1 aromatic carbocycles. The first-order chi connectivity index (χ1) is 8.40. The molecule has 0 spiro atoms. The van der Waals surface area contributed by atoms with Gasteiger partial charge < -0.3 is 11.1 Å². The zero-order chi connectivity index (χ0) is 13.7. The molecule has 0 radical (unpaired) electrons. The molecule has 0 aromatic heterocycles. The Labute approximate surface area is 108 Å². The summed E-state index contributed by atoms with van der Waals surface area (Å²) in [6.45, 7) is 1.45. The van der Waals surface area contributed by atoms with Crippen molar-refractivity contribution in [2.45, 2.75) is 12.3 Å². The van der Waals surface area contributed by atoms with E-state index in [4.69, 9.17) is 17.3 Å². The average Bonchev–Trinajstić information content (AvgIpc) is 2.29. The topological polar surface area (TPSA) is 101 Å². The molecular formula is C11H12ClN3O3. The molecule has 0 fully saturated rings. The van der Waals surface area contributed by atoms with E-state index in [1.165, 1.54) is 31.2 Å². The lowest BCUT2D eigenvalue weighted by molar-refractivity contribution is -0.119. The number of rotatable bonds is 3. The second kappa shape index (κ2) is 6.02. The first-order valence-electron chi connectivity index (χ1n) is 5.06. The van der Waals surface area contributed by atoms with Crippen LogP contribution in [0.25, 0.3) is 0 Å². The molecule has 96 valence electrons. The number of nitrogens with one attached hydrogen (secondary N) is 2. The highest BCUT2D eigenvalue weighted by Crippen LogP contribution is 2.08. The van der Waals surface area contributed by atoms with E-state index in [-0.39, 0.29) is 0 Å². The van der Waals surface area contributed by atoms with Gasteiger partial charge in [0.2, 0.25) is 11.8 Å². The molecule has 4 N–H and O–H groups in total. The van der Waals surface area contributed by atoms with Crippen molar-refractivity contribution in [2.24, 2.45) is 5.73 Å². The lowest BCUT2D eigenvalue weighted by Crippen LogP contribution is -2.38. The van der Waals surface area contributed by atoms with Gasteiger partial charge in [-0.15, -0.1) is 11.6 Å². The molecule has 0 aliphatic rings. The smallest absolute Gasteiger partial charge is 0.325 e. The number of halogens is 1. The minimum atomic E-state index is -0.798. The second-order valence-corrected chi connectivity index (χ2v) is 4.16. The summed E-state index contributed by atoms with van der Waals surface area (Å²) in [5.41, 5.74) is 5.82. The number of imide groups is 1. The highest BCUT2D eigenvalue weighted by molar-refractivity contribution is 6.31. The van der Waals surface area contributed by atoms with Crippen molar-refractivity contribution in [3.8, 4) is 0 Å². The maximum Gasteiger partial charge on any atom is 0.325 e. The minimum absolute atomic E-state index is 0.325. The molecule has 0 heterocycles. The molecule has 0 saturated heterocycles. The fraction of sp³-hybridized carbons (Fsp3) is 0.182. The predicted octanol–water partition coefficient (Wildman–Crippen LogP) is 1.06. The van der Waals surface area contributed by atoms with Gasteiger partial charge in [-0.1, -0.05) is 0 Å². The summed E-state index contributed by atoms with van der Waals surface area (Å²) in [6, 6.07) is 5.22. The van der Waals surface area contributed by atoms with E-state index >= 15 is 0 Å². The molecule has 0 aliphatic carbocycles. The molecule has 18 heavy (non-hydrogen) atoms. The highest BCUT2D eigenvalue weighted by atomic mass is 35.5.